The Bertz CT molecular complexity index is 392. The number of hydrogen-bond donors (Lipinski definition) is 2. The van der Waals surface area contributed by atoms with Crippen molar-refractivity contribution in [3.05, 3.63) is 22.4 Å². The fraction of sp³-hybridized carbons (Fsp3) is 0.333. The third-order valence-corrected chi connectivity index (χ3v) is 2.75. The van der Waals surface area contributed by atoms with E-state index in [-0.39, 0.29) is 0 Å². The maximum absolute atomic E-state index is 12.2. The molecule has 2 amide bonds. The van der Waals surface area contributed by atoms with Crippen LogP contribution in [0.2, 0.25) is 0 Å². The fourth-order valence-corrected chi connectivity index (χ4v) is 1.63. The number of hydrogen-bond acceptors (Lipinski definition) is 3. The monoisotopic (exact) mass is 282 g/mol. The molecule has 8 heteroatoms. The Morgan fingerprint density at radius 2 is 2.12 bits per heavy atom. The predicted octanol–water partition coefficient (Wildman–Crippen LogP) is 2.12. The SMILES string of the molecule is O=C(CCC(F)(F)Cl)NNC(=O)c1cccs1. The van der Waals surface area contributed by atoms with E-state index in [9.17, 15) is 18.4 Å². The molecule has 1 aromatic rings. The van der Waals surface area contributed by atoms with Gasteiger partial charge in [0.15, 0.2) is 0 Å². The van der Waals surface area contributed by atoms with Gasteiger partial charge in [-0.25, -0.2) is 0 Å². The normalized spacial score (nSPS) is 11.0. The molecule has 0 spiro atoms. The minimum absolute atomic E-state index is 0.410. The fourth-order valence-electron chi connectivity index (χ4n) is 0.914. The maximum atomic E-state index is 12.2. The zero-order chi connectivity index (χ0) is 12.9. The highest BCUT2D eigenvalue weighted by molar-refractivity contribution is 7.12. The molecule has 2 N–H and O–H groups in total. The molecule has 0 saturated carbocycles. The second kappa shape index (κ2) is 5.92. The van der Waals surface area contributed by atoms with Gasteiger partial charge in [0.05, 0.1) is 4.88 Å². The Balaban J connectivity index is 2.27. The molecule has 0 fully saturated rings. The van der Waals surface area contributed by atoms with Gasteiger partial charge in [-0.05, 0) is 23.0 Å². The first-order valence-electron chi connectivity index (χ1n) is 4.58. The second-order valence-electron chi connectivity index (χ2n) is 3.09. The molecule has 0 unspecified atom stereocenters. The molecule has 17 heavy (non-hydrogen) atoms. The summed E-state index contributed by atoms with van der Waals surface area (Å²) in [5.74, 6) is -1.22. The van der Waals surface area contributed by atoms with Crippen LogP contribution in [0.15, 0.2) is 17.5 Å². The average Bonchev–Trinajstić information content (AvgIpc) is 2.75. The van der Waals surface area contributed by atoms with E-state index in [2.05, 4.69) is 17.0 Å². The lowest BCUT2D eigenvalue weighted by molar-refractivity contribution is -0.122. The number of rotatable bonds is 4. The molecule has 0 aliphatic heterocycles. The highest BCUT2D eigenvalue weighted by Gasteiger charge is 2.25. The van der Waals surface area contributed by atoms with Gasteiger partial charge in [-0.3, -0.25) is 20.4 Å². The summed E-state index contributed by atoms with van der Waals surface area (Å²) in [6.45, 7) is 0. The van der Waals surface area contributed by atoms with E-state index in [1.165, 1.54) is 11.3 Å². The minimum atomic E-state index is -3.41. The molecule has 0 atom stereocenters. The summed E-state index contributed by atoms with van der Waals surface area (Å²) in [5.41, 5.74) is 4.12. The summed E-state index contributed by atoms with van der Waals surface area (Å²) in [6, 6.07) is 3.24. The van der Waals surface area contributed by atoms with E-state index in [1.54, 1.807) is 17.5 Å². The first-order chi connectivity index (χ1) is 7.88. The lowest BCUT2D eigenvalue weighted by Gasteiger charge is -2.08. The van der Waals surface area contributed by atoms with Crippen molar-refractivity contribution in [3.8, 4) is 0 Å². The van der Waals surface area contributed by atoms with Crippen LogP contribution in [0.4, 0.5) is 8.78 Å². The molecule has 94 valence electrons. The number of halogens is 3. The Kier molecular flexibility index (Phi) is 4.83. The number of carbonyl (C=O) groups is 2. The van der Waals surface area contributed by atoms with Crippen LogP contribution < -0.4 is 10.9 Å². The van der Waals surface area contributed by atoms with E-state index >= 15 is 0 Å². The van der Waals surface area contributed by atoms with Gasteiger partial charge in [-0.2, -0.15) is 8.78 Å². The van der Waals surface area contributed by atoms with Crippen molar-refractivity contribution < 1.29 is 18.4 Å². The van der Waals surface area contributed by atoms with Crippen molar-refractivity contribution in [2.24, 2.45) is 0 Å². The molecular formula is C9H9ClF2N2O2S. The summed E-state index contributed by atoms with van der Waals surface area (Å²) in [6.07, 6.45) is -1.25. The predicted molar refractivity (Wildman–Crippen MR) is 60.0 cm³/mol. The van der Waals surface area contributed by atoms with Crippen LogP contribution in [0.1, 0.15) is 22.5 Å². The summed E-state index contributed by atoms with van der Waals surface area (Å²) in [7, 11) is 0. The van der Waals surface area contributed by atoms with Crippen LogP contribution in [-0.2, 0) is 4.79 Å². The van der Waals surface area contributed by atoms with Crippen LogP contribution in [-0.4, -0.2) is 17.2 Å². The topological polar surface area (TPSA) is 58.2 Å². The van der Waals surface area contributed by atoms with Crippen LogP contribution in [0, 0.1) is 0 Å². The first-order valence-corrected chi connectivity index (χ1v) is 5.84. The average molecular weight is 283 g/mol. The van der Waals surface area contributed by atoms with E-state index in [1.807, 2.05) is 5.43 Å². The molecule has 0 aliphatic carbocycles. The first kappa shape index (κ1) is 13.9. The molecule has 0 aromatic carbocycles. The Morgan fingerprint density at radius 1 is 1.41 bits per heavy atom. The lowest BCUT2D eigenvalue weighted by atomic mass is 10.3. The highest BCUT2D eigenvalue weighted by atomic mass is 35.5. The van der Waals surface area contributed by atoms with Gasteiger partial charge < -0.3 is 0 Å². The minimum Gasteiger partial charge on any atom is -0.273 e. The number of alkyl halides is 3. The van der Waals surface area contributed by atoms with Crippen LogP contribution >= 0.6 is 22.9 Å². The summed E-state index contributed by atoms with van der Waals surface area (Å²) < 4.78 is 24.4. The van der Waals surface area contributed by atoms with Gasteiger partial charge in [0.25, 0.3) is 5.91 Å². The molecule has 0 radical (unpaired) electrons. The van der Waals surface area contributed by atoms with Crippen molar-refractivity contribution in [2.75, 3.05) is 0 Å². The van der Waals surface area contributed by atoms with Crippen molar-refractivity contribution >= 4 is 34.8 Å². The third-order valence-electron chi connectivity index (χ3n) is 1.70. The Morgan fingerprint density at radius 3 is 2.65 bits per heavy atom. The Labute approximate surface area is 105 Å². The molecule has 4 nitrogen and oxygen atoms in total. The number of thiophene rings is 1. The summed E-state index contributed by atoms with van der Waals surface area (Å²) in [4.78, 5) is 22.8. The standard InChI is InChI=1S/C9H9ClF2N2O2S/c10-9(11,12)4-3-7(15)13-14-8(16)6-2-1-5-17-6/h1-2,5H,3-4H2,(H,13,15)(H,14,16). The molecule has 1 rings (SSSR count). The van der Waals surface area contributed by atoms with Crippen LogP contribution in [0.25, 0.3) is 0 Å². The van der Waals surface area contributed by atoms with E-state index < -0.39 is 30.0 Å². The van der Waals surface area contributed by atoms with Crippen molar-refractivity contribution in [1.82, 2.24) is 10.9 Å². The van der Waals surface area contributed by atoms with Gasteiger partial charge in [0.2, 0.25) is 5.91 Å². The van der Waals surface area contributed by atoms with Crippen LogP contribution in [0.5, 0.6) is 0 Å². The lowest BCUT2D eigenvalue weighted by Crippen LogP contribution is -2.41. The largest absolute Gasteiger partial charge is 0.322 e. The van der Waals surface area contributed by atoms with E-state index in [0.29, 0.717) is 4.88 Å². The number of amides is 2. The van der Waals surface area contributed by atoms with Crippen molar-refractivity contribution in [1.29, 1.82) is 0 Å². The molecular weight excluding hydrogens is 274 g/mol. The van der Waals surface area contributed by atoms with Crippen LogP contribution in [0.3, 0.4) is 0 Å². The van der Waals surface area contributed by atoms with Crippen molar-refractivity contribution in [2.45, 2.75) is 18.2 Å². The van der Waals surface area contributed by atoms with Gasteiger partial charge in [-0.1, -0.05) is 6.07 Å². The number of carbonyl (C=O) groups excluding carboxylic acids is 2. The van der Waals surface area contributed by atoms with Gasteiger partial charge in [-0.15, -0.1) is 11.3 Å². The van der Waals surface area contributed by atoms with Crippen molar-refractivity contribution in [3.63, 3.8) is 0 Å². The third kappa shape index (κ3) is 5.60. The highest BCUT2D eigenvalue weighted by Crippen LogP contribution is 2.24. The van der Waals surface area contributed by atoms with Gasteiger partial charge in [0, 0.05) is 12.8 Å². The molecule has 1 heterocycles. The van der Waals surface area contributed by atoms with E-state index in [0.717, 1.165) is 0 Å². The summed E-state index contributed by atoms with van der Waals surface area (Å²) >= 11 is 5.82. The molecule has 0 bridgehead atoms. The second-order valence-corrected chi connectivity index (χ2v) is 4.60. The summed E-state index contributed by atoms with van der Waals surface area (Å²) in [5, 5.41) is -1.71. The zero-order valence-electron chi connectivity index (χ0n) is 8.50. The molecule has 0 saturated heterocycles. The smallest absolute Gasteiger partial charge is 0.273 e. The molecule has 1 aromatic heterocycles. The zero-order valence-corrected chi connectivity index (χ0v) is 10.1. The van der Waals surface area contributed by atoms with Gasteiger partial charge in [0.1, 0.15) is 0 Å². The molecule has 0 aliphatic rings. The quantitative estimate of drug-likeness (QED) is 0.656. The number of nitrogens with one attached hydrogen (secondary N) is 2. The number of hydrazine groups is 1. The Hall–Kier alpha value is -1.21. The van der Waals surface area contributed by atoms with Gasteiger partial charge >= 0.3 is 5.38 Å². The maximum Gasteiger partial charge on any atom is 0.322 e. The van der Waals surface area contributed by atoms with E-state index in [4.69, 9.17) is 0 Å².